The number of ether oxygens (including phenoxy) is 3. The summed E-state index contributed by atoms with van der Waals surface area (Å²) < 4.78 is 16.0. The van der Waals surface area contributed by atoms with Crippen molar-refractivity contribution in [3.8, 4) is 17.6 Å². The molecule has 0 aliphatic heterocycles. The molecule has 2 rings (SSSR count). The maximum atomic E-state index is 11.9. The average molecular weight is 289 g/mol. The Morgan fingerprint density at radius 1 is 1.29 bits per heavy atom. The standard InChI is InChI=1S/C16H19NO4/c1-19-14-9-5-7-12(16(18)20-2)15(14)21-13-8-4-3-6-11(13)10-17/h5,7,9,11,13H,3-4,6,8H2,1-2H3. The van der Waals surface area contributed by atoms with Crippen LogP contribution in [0.5, 0.6) is 11.5 Å². The Kier molecular flexibility index (Phi) is 5.04. The Hall–Kier alpha value is -2.22. The number of esters is 1. The largest absolute Gasteiger partial charge is 0.493 e. The second kappa shape index (κ2) is 6.98. The number of carbonyl (C=O) groups excluding carboxylic acids is 1. The SMILES string of the molecule is COC(=O)c1cccc(OC)c1OC1CCCCC1C#N. The molecule has 5 nitrogen and oxygen atoms in total. The molecule has 1 aromatic carbocycles. The summed E-state index contributed by atoms with van der Waals surface area (Å²) in [6.07, 6.45) is 3.46. The van der Waals surface area contributed by atoms with Gasteiger partial charge in [0.1, 0.15) is 11.7 Å². The van der Waals surface area contributed by atoms with Crippen LogP contribution in [0.4, 0.5) is 0 Å². The van der Waals surface area contributed by atoms with Crippen LogP contribution in [0.2, 0.25) is 0 Å². The smallest absolute Gasteiger partial charge is 0.341 e. The third-order valence-corrected chi connectivity index (χ3v) is 3.74. The molecule has 1 aliphatic rings. The van der Waals surface area contributed by atoms with Crippen molar-refractivity contribution in [2.45, 2.75) is 31.8 Å². The van der Waals surface area contributed by atoms with Crippen molar-refractivity contribution >= 4 is 5.97 Å². The lowest BCUT2D eigenvalue weighted by Gasteiger charge is -2.28. The molecular weight excluding hydrogens is 270 g/mol. The van der Waals surface area contributed by atoms with Gasteiger partial charge in [0.05, 0.1) is 26.2 Å². The van der Waals surface area contributed by atoms with Crippen LogP contribution in [-0.4, -0.2) is 26.3 Å². The predicted molar refractivity (Wildman–Crippen MR) is 76.3 cm³/mol. The number of carbonyl (C=O) groups is 1. The van der Waals surface area contributed by atoms with Crippen molar-refractivity contribution < 1.29 is 19.0 Å². The molecule has 0 aromatic heterocycles. The third-order valence-electron chi connectivity index (χ3n) is 3.74. The van der Waals surface area contributed by atoms with Gasteiger partial charge >= 0.3 is 5.97 Å². The summed E-state index contributed by atoms with van der Waals surface area (Å²) >= 11 is 0. The highest BCUT2D eigenvalue weighted by Crippen LogP contribution is 2.36. The number of methoxy groups -OCH3 is 2. The minimum Gasteiger partial charge on any atom is -0.493 e. The zero-order chi connectivity index (χ0) is 15.2. The zero-order valence-electron chi connectivity index (χ0n) is 12.3. The highest BCUT2D eigenvalue weighted by atomic mass is 16.5. The fourth-order valence-corrected chi connectivity index (χ4v) is 2.61. The van der Waals surface area contributed by atoms with Gasteiger partial charge in [-0.3, -0.25) is 0 Å². The Labute approximate surface area is 124 Å². The average Bonchev–Trinajstić information content (AvgIpc) is 2.54. The Balaban J connectivity index is 2.33. The van der Waals surface area contributed by atoms with E-state index >= 15 is 0 Å². The second-order valence-electron chi connectivity index (χ2n) is 5.00. The molecule has 0 heterocycles. The summed E-state index contributed by atoms with van der Waals surface area (Å²) in [6, 6.07) is 7.36. The Morgan fingerprint density at radius 2 is 2.05 bits per heavy atom. The molecule has 0 amide bonds. The first-order valence-electron chi connectivity index (χ1n) is 7.02. The van der Waals surface area contributed by atoms with Gasteiger partial charge < -0.3 is 14.2 Å². The van der Waals surface area contributed by atoms with Gasteiger partial charge in [-0.15, -0.1) is 0 Å². The maximum Gasteiger partial charge on any atom is 0.341 e. The van der Waals surface area contributed by atoms with Gasteiger partial charge in [-0.2, -0.15) is 5.26 Å². The van der Waals surface area contributed by atoms with E-state index < -0.39 is 5.97 Å². The van der Waals surface area contributed by atoms with Gasteiger partial charge in [-0.1, -0.05) is 12.5 Å². The van der Waals surface area contributed by atoms with Gasteiger partial charge in [-0.05, 0) is 31.4 Å². The van der Waals surface area contributed by atoms with Crippen molar-refractivity contribution in [1.82, 2.24) is 0 Å². The predicted octanol–water partition coefficient (Wildman–Crippen LogP) is 2.94. The number of rotatable bonds is 4. The summed E-state index contributed by atoms with van der Waals surface area (Å²) in [5.74, 6) is 0.196. The molecule has 0 bridgehead atoms. The lowest BCUT2D eigenvalue weighted by Crippen LogP contribution is -2.30. The summed E-state index contributed by atoms with van der Waals surface area (Å²) in [7, 11) is 2.84. The molecule has 112 valence electrons. The number of nitrogens with zero attached hydrogens (tertiary/aromatic N) is 1. The molecule has 0 saturated heterocycles. The first-order valence-corrected chi connectivity index (χ1v) is 7.02. The molecule has 1 aliphatic carbocycles. The van der Waals surface area contributed by atoms with Crippen molar-refractivity contribution in [1.29, 1.82) is 5.26 Å². The quantitative estimate of drug-likeness (QED) is 0.797. The zero-order valence-corrected chi connectivity index (χ0v) is 12.3. The van der Waals surface area contributed by atoms with E-state index in [1.54, 1.807) is 18.2 Å². The Morgan fingerprint density at radius 3 is 2.71 bits per heavy atom. The summed E-state index contributed by atoms with van der Waals surface area (Å²) in [5, 5.41) is 9.24. The van der Waals surface area contributed by atoms with Crippen molar-refractivity contribution in [3.05, 3.63) is 23.8 Å². The van der Waals surface area contributed by atoms with Crippen LogP contribution in [0.25, 0.3) is 0 Å². The molecule has 21 heavy (non-hydrogen) atoms. The molecular formula is C16H19NO4. The van der Waals surface area contributed by atoms with Crippen molar-refractivity contribution in [3.63, 3.8) is 0 Å². The summed E-state index contributed by atoms with van der Waals surface area (Å²) in [6.45, 7) is 0. The van der Waals surface area contributed by atoms with Gasteiger partial charge in [0.15, 0.2) is 11.5 Å². The van der Waals surface area contributed by atoms with Gasteiger partial charge in [-0.25, -0.2) is 4.79 Å². The topological polar surface area (TPSA) is 68.6 Å². The molecule has 1 aromatic rings. The number of hydrogen-bond donors (Lipinski definition) is 0. The first kappa shape index (κ1) is 15.2. The molecule has 1 saturated carbocycles. The molecule has 5 heteroatoms. The normalized spacial score (nSPS) is 21.2. The molecule has 2 atom stereocenters. The van der Waals surface area contributed by atoms with Gasteiger partial charge in [0, 0.05) is 0 Å². The van der Waals surface area contributed by atoms with Crippen LogP contribution in [0.1, 0.15) is 36.0 Å². The molecule has 0 N–H and O–H groups in total. The van der Waals surface area contributed by atoms with Crippen LogP contribution in [0.15, 0.2) is 18.2 Å². The van der Waals surface area contributed by atoms with E-state index in [0.29, 0.717) is 17.1 Å². The third kappa shape index (κ3) is 3.27. The van der Waals surface area contributed by atoms with Crippen LogP contribution < -0.4 is 9.47 Å². The molecule has 2 unspecified atom stereocenters. The monoisotopic (exact) mass is 289 g/mol. The van der Waals surface area contributed by atoms with Crippen LogP contribution in [-0.2, 0) is 4.74 Å². The number of para-hydroxylation sites is 1. The first-order chi connectivity index (χ1) is 10.2. The minimum atomic E-state index is -0.479. The van der Waals surface area contributed by atoms with E-state index in [2.05, 4.69) is 6.07 Å². The highest BCUT2D eigenvalue weighted by molar-refractivity contribution is 5.93. The second-order valence-corrected chi connectivity index (χ2v) is 5.00. The van der Waals surface area contributed by atoms with E-state index in [0.717, 1.165) is 25.7 Å². The number of hydrogen-bond acceptors (Lipinski definition) is 5. The summed E-state index contributed by atoms with van der Waals surface area (Å²) in [5.41, 5.74) is 0.319. The summed E-state index contributed by atoms with van der Waals surface area (Å²) in [4.78, 5) is 11.9. The van der Waals surface area contributed by atoms with Crippen LogP contribution in [0, 0.1) is 17.2 Å². The lowest BCUT2D eigenvalue weighted by atomic mass is 9.87. The van der Waals surface area contributed by atoms with Crippen LogP contribution >= 0.6 is 0 Å². The van der Waals surface area contributed by atoms with E-state index in [4.69, 9.17) is 14.2 Å². The molecule has 0 spiro atoms. The maximum absolute atomic E-state index is 11.9. The van der Waals surface area contributed by atoms with E-state index in [-0.39, 0.29) is 12.0 Å². The Bertz CT molecular complexity index is 550. The van der Waals surface area contributed by atoms with E-state index in [1.807, 2.05) is 0 Å². The van der Waals surface area contributed by atoms with Crippen molar-refractivity contribution in [2.24, 2.45) is 5.92 Å². The number of nitriles is 1. The van der Waals surface area contributed by atoms with Crippen LogP contribution in [0.3, 0.4) is 0 Å². The van der Waals surface area contributed by atoms with Crippen molar-refractivity contribution in [2.75, 3.05) is 14.2 Å². The fourth-order valence-electron chi connectivity index (χ4n) is 2.61. The van der Waals surface area contributed by atoms with Gasteiger partial charge in [0.2, 0.25) is 0 Å². The number of benzene rings is 1. The fraction of sp³-hybridized carbons (Fsp3) is 0.500. The lowest BCUT2D eigenvalue weighted by molar-refractivity contribution is 0.0583. The minimum absolute atomic E-state index is 0.158. The highest BCUT2D eigenvalue weighted by Gasteiger charge is 2.29. The van der Waals surface area contributed by atoms with E-state index in [9.17, 15) is 10.1 Å². The molecule has 0 radical (unpaired) electrons. The van der Waals surface area contributed by atoms with E-state index in [1.165, 1.54) is 14.2 Å². The van der Waals surface area contributed by atoms with Gasteiger partial charge in [0.25, 0.3) is 0 Å². The molecule has 1 fully saturated rings.